The van der Waals surface area contributed by atoms with Crippen molar-refractivity contribution in [3.8, 4) is 5.88 Å². The van der Waals surface area contributed by atoms with Crippen LogP contribution in [0, 0.1) is 0 Å². The SMILES string of the molecule is COc1cccc(N(Cc2cccc(Br)c2)C(=O)O)n1. The second-order valence-corrected chi connectivity index (χ2v) is 4.95. The molecule has 20 heavy (non-hydrogen) atoms. The number of methoxy groups -OCH3 is 1. The van der Waals surface area contributed by atoms with E-state index in [2.05, 4.69) is 20.9 Å². The van der Waals surface area contributed by atoms with Crippen molar-refractivity contribution in [2.75, 3.05) is 12.0 Å². The summed E-state index contributed by atoms with van der Waals surface area (Å²) in [6.45, 7) is 0.217. The highest BCUT2D eigenvalue weighted by molar-refractivity contribution is 9.10. The Morgan fingerprint density at radius 1 is 1.35 bits per heavy atom. The summed E-state index contributed by atoms with van der Waals surface area (Å²) in [5, 5.41) is 9.35. The van der Waals surface area contributed by atoms with E-state index in [1.807, 2.05) is 24.3 Å². The maximum atomic E-state index is 11.4. The van der Waals surface area contributed by atoms with E-state index in [1.165, 1.54) is 12.0 Å². The fourth-order valence-electron chi connectivity index (χ4n) is 1.73. The van der Waals surface area contributed by atoms with Crippen LogP contribution < -0.4 is 9.64 Å². The topological polar surface area (TPSA) is 62.7 Å². The summed E-state index contributed by atoms with van der Waals surface area (Å²) >= 11 is 3.37. The Morgan fingerprint density at radius 3 is 2.75 bits per heavy atom. The first-order valence-electron chi connectivity index (χ1n) is 5.86. The van der Waals surface area contributed by atoms with Crippen LogP contribution in [-0.4, -0.2) is 23.3 Å². The number of halogens is 1. The molecule has 0 unspecified atom stereocenters. The number of carbonyl (C=O) groups is 1. The molecule has 1 amide bonds. The maximum absolute atomic E-state index is 11.4. The molecule has 0 aliphatic rings. The van der Waals surface area contributed by atoms with Gasteiger partial charge in [-0.15, -0.1) is 0 Å². The molecule has 2 rings (SSSR count). The first kappa shape index (κ1) is 14.3. The lowest BCUT2D eigenvalue weighted by molar-refractivity contribution is 0.201. The molecule has 0 spiro atoms. The molecule has 1 aromatic heterocycles. The zero-order valence-electron chi connectivity index (χ0n) is 10.8. The lowest BCUT2D eigenvalue weighted by atomic mass is 10.2. The molecule has 0 fully saturated rings. The lowest BCUT2D eigenvalue weighted by Crippen LogP contribution is -2.29. The summed E-state index contributed by atoms with van der Waals surface area (Å²) in [6, 6.07) is 12.5. The maximum Gasteiger partial charge on any atom is 0.413 e. The summed E-state index contributed by atoms with van der Waals surface area (Å²) in [7, 11) is 1.49. The zero-order valence-corrected chi connectivity index (χ0v) is 12.4. The number of aromatic nitrogens is 1. The van der Waals surface area contributed by atoms with Gasteiger partial charge in [0.2, 0.25) is 5.88 Å². The van der Waals surface area contributed by atoms with Gasteiger partial charge in [0.1, 0.15) is 5.82 Å². The average molecular weight is 337 g/mol. The third-order valence-corrected chi connectivity index (χ3v) is 3.15. The molecular weight excluding hydrogens is 324 g/mol. The average Bonchev–Trinajstić information content (AvgIpc) is 2.44. The molecule has 0 bridgehead atoms. The van der Waals surface area contributed by atoms with Gasteiger partial charge in [-0.05, 0) is 23.8 Å². The Labute approximate surface area is 124 Å². The highest BCUT2D eigenvalue weighted by atomic mass is 79.9. The number of hydrogen-bond acceptors (Lipinski definition) is 3. The predicted octanol–water partition coefficient (Wildman–Crippen LogP) is 3.54. The van der Waals surface area contributed by atoms with Crippen LogP contribution in [0.1, 0.15) is 5.56 Å². The van der Waals surface area contributed by atoms with Gasteiger partial charge in [-0.25, -0.2) is 4.79 Å². The summed E-state index contributed by atoms with van der Waals surface area (Å²) < 4.78 is 5.92. The molecular formula is C14H13BrN2O3. The van der Waals surface area contributed by atoms with E-state index in [0.717, 1.165) is 10.0 Å². The van der Waals surface area contributed by atoms with Crippen LogP contribution in [0.4, 0.5) is 10.6 Å². The van der Waals surface area contributed by atoms with Gasteiger partial charge in [-0.1, -0.05) is 34.1 Å². The van der Waals surface area contributed by atoms with E-state index in [1.54, 1.807) is 18.2 Å². The van der Waals surface area contributed by atoms with E-state index in [9.17, 15) is 9.90 Å². The minimum absolute atomic E-state index is 0.217. The molecule has 0 saturated carbocycles. The Morgan fingerprint density at radius 2 is 2.10 bits per heavy atom. The van der Waals surface area contributed by atoms with Crippen molar-refractivity contribution in [3.05, 3.63) is 52.5 Å². The van der Waals surface area contributed by atoms with Crippen LogP contribution in [0.25, 0.3) is 0 Å². The first-order chi connectivity index (χ1) is 9.60. The van der Waals surface area contributed by atoms with Crippen LogP contribution in [-0.2, 0) is 6.54 Å². The van der Waals surface area contributed by atoms with Gasteiger partial charge < -0.3 is 9.84 Å². The Hall–Kier alpha value is -2.08. The zero-order chi connectivity index (χ0) is 14.5. The number of ether oxygens (including phenoxy) is 1. The van der Waals surface area contributed by atoms with Crippen LogP contribution >= 0.6 is 15.9 Å². The Kier molecular flexibility index (Phi) is 4.57. The third-order valence-electron chi connectivity index (χ3n) is 2.66. The molecule has 0 saturated heterocycles. The van der Waals surface area contributed by atoms with Crippen molar-refractivity contribution in [2.45, 2.75) is 6.54 Å². The standard InChI is InChI=1S/C14H13BrN2O3/c1-20-13-7-3-6-12(16-13)17(14(18)19)9-10-4-2-5-11(15)8-10/h2-8H,9H2,1H3,(H,18,19). The van der Waals surface area contributed by atoms with E-state index in [4.69, 9.17) is 4.74 Å². The number of hydrogen-bond donors (Lipinski definition) is 1. The van der Waals surface area contributed by atoms with Crippen molar-refractivity contribution in [3.63, 3.8) is 0 Å². The van der Waals surface area contributed by atoms with Crippen LogP contribution in [0.5, 0.6) is 5.88 Å². The van der Waals surface area contributed by atoms with Gasteiger partial charge in [0.25, 0.3) is 0 Å². The van der Waals surface area contributed by atoms with Crippen molar-refractivity contribution in [2.24, 2.45) is 0 Å². The van der Waals surface area contributed by atoms with Crippen LogP contribution in [0.2, 0.25) is 0 Å². The Bertz CT molecular complexity index is 619. The van der Waals surface area contributed by atoms with E-state index in [-0.39, 0.29) is 6.54 Å². The van der Waals surface area contributed by atoms with Gasteiger partial charge in [0, 0.05) is 10.5 Å². The monoisotopic (exact) mass is 336 g/mol. The van der Waals surface area contributed by atoms with Crippen molar-refractivity contribution in [1.82, 2.24) is 4.98 Å². The second-order valence-electron chi connectivity index (χ2n) is 4.04. The summed E-state index contributed by atoms with van der Waals surface area (Å²) in [5.74, 6) is 0.708. The molecule has 2 aromatic rings. The summed E-state index contributed by atoms with van der Waals surface area (Å²) in [6.07, 6.45) is -1.06. The molecule has 0 atom stereocenters. The number of carboxylic acid groups (broad SMARTS) is 1. The first-order valence-corrected chi connectivity index (χ1v) is 6.65. The molecule has 1 heterocycles. The predicted molar refractivity (Wildman–Crippen MR) is 79.1 cm³/mol. The summed E-state index contributed by atoms with van der Waals surface area (Å²) in [5.41, 5.74) is 0.867. The smallest absolute Gasteiger partial charge is 0.413 e. The molecule has 6 heteroatoms. The second kappa shape index (κ2) is 6.38. The van der Waals surface area contributed by atoms with Crippen LogP contribution in [0.3, 0.4) is 0 Å². The minimum Gasteiger partial charge on any atom is -0.481 e. The van der Waals surface area contributed by atoms with E-state index in [0.29, 0.717) is 11.7 Å². The quantitative estimate of drug-likeness (QED) is 0.927. The molecule has 104 valence electrons. The Balaban J connectivity index is 2.29. The van der Waals surface area contributed by atoms with Gasteiger partial charge in [0.05, 0.1) is 13.7 Å². The van der Waals surface area contributed by atoms with Crippen molar-refractivity contribution >= 4 is 27.8 Å². The van der Waals surface area contributed by atoms with Gasteiger partial charge in [-0.2, -0.15) is 4.98 Å². The van der Waals surface area contributed by atoms with Crippen LogP contribution in [0.15, 0.2) is 46.9 Å². The molecule has 5 nitrogen and oxygen atoms in total. The number of benzene rings is 1. The third kappa shape index (κ3) is 3.48. The van der Waals surface area contributed by atoms with E-state index < -0.39 is 6.09 Å². The normalized spacial score (nSPS) is 10.1. The number of amides is 1. The lowest BCUT2D eigenvalue weighted by Gasteiger charge is -2.18. The fraction of sp³-hybridized carbons (Fsp3) is 0.143. The number of rotatable bonds is 4. The molecule has 0 radical (unpaired) electrons. The molecule has 0 aliphatic carbocycles. The van der Waals surface area contributed by atoms with Gasteiger partial charge >= 0.3 is 6.09 Å². The van der Waals surface area contributed by atoms with Gasteiger partial charge in [-0.3, -0.25) is 4.90 Å². The van der Waals surface area contributed by atoms with Crippen molar-refractivity contribution in [1.29, 1.82) is 0 Å². The van der Waals surface area contributed by atoms with Gasteiger partial charge in [0.15, 0.2) is 0 Å². The number of nitrogens with zero attached hydrogens (tertiary/aromatic N) is 2. The molecule has 1 aromatic carbocycles. The highest BCUT2D eigenvalue weighted by Crippen LogP contribution is 2.20. The van der Waals surface area contributed by atoms with Crippen molar-refractivity contribution < 1.29 is 14.6 Å². The molecule has 1 N–H and O–H groups in total. The molecule has 0 aliphatic heterocycles. The van der Waals surface area contributed by atoms with E-state index >= 15 is 0 Å². The highest BCUT2D eigenvalue weighted by Gasteiger charge is 2.16. The minimum atomic E-state index is -1.06. The fourth-order valence-corrected chi connectivity index (χ4v) is 2.18. The number of pyridine rings is 1. The summed E-state index contributed by atoms with van der Waals surface area (Å²) in [4.78, 5) is 16.7. The largest absolute Gasteiger partial charge is 0.481 e. The number of anilines is 1.